The second-order valence-corrected chi connectivity index (χ2v) is 3.43. The lowest BCUT2D eigenvalue weighted by Crippen LogP contribution is -2.09. The molecular formula is C11H19N. The van der Waals surface area contributed by atoms with Gasteiger partial charge in [-0.05, 0) is 45.7 Å². The third kappa shape index (κ3) is 2.82. The minimum atomic E-state index is 0.868. The van der Waals surface area contributed by atoms with Crippen LogP contribution in [0.25, 0.3) is 0 Å². The average Bonchev–Trinajstić information content (AvgIpc) is 2.56. The second kappa shape index (κ2) is 5.15. The Bertz CT molecular complexity index is 173. The van der Waals surface area contributed by atoms with Gasteiger partial charge in [-0.1, -0.05) is 23.8 Å². The maximum atomic E-state index is 3.39. The highest BCUT2D eigenvalue weighted by atomic mass is 14.9. The molecule has 1 N–H and O–H groups in total. The molecule has 0 aliphatic carbocycles. The molecule has 0 aromatic rings. The first-order valence-electron chi connectivity index (χ1n) is 4.85. The summed E-state index contributed by atoms with van der Waals surface area (Å²) in [5, 5.41) is 3.39. The molecule has 1 atom stereocenters. The Balaban J connectivity index is 2.36. The maximum absolute atomic E-state index is 3.39. The van der Waals surface area contributed by atoms with Crippen LogP contribution in [0.1, 0.15) is 26.7 Å². The van der Waals surface area contributed by atoms with E-state index in [9.17, 15) is 0 Å². The van der Waals surface area contributed by atoms with Gasteiger partial charge in [-0.25, -0.2) is 0 Å². The van der Waals surface area contributed by atoms with Gasteiger partial charge in [0.2, 0.25) is 0 Å². The Morgan fingerprint density at radius 2 is 2.33 bits per heavy atom. The molecule has 0 aromatic carbocycles. The van der Waals surface area contributed by atoms with Gasteiger partial charge >= 0.3 is 0 Å². The molecule has 0 spiro atoms. The van der Waals surface area contributed by atoms with Crippen LogP contribution in [0.15, 0.2) is 23.8 Å². The zero-order chi connectivity index (χ0) is 8.81. The molecule has 0 radical (unpaired) electrons. The summed E-state index contributed by atoms with van der Waals surface area (Å²) < 4.78 is 0. The fraction of sp³-hybridized carbons (Fsp3) is 0.636. The molecule has 1 aliphatic rings. The summed E-state index contributed by atoms with van der Waals surface area (Å²) in [4.78, 5) is 0. The average molecular weight is 165 g/mol. The first-order chi connectivity index (χ1) is 5.86. The fourth-order valence-electron chi connectivity index (χ4n) is 1.72. The molecule has 1 saturated heterocycles. The summed E-state index contributed by atoms with van der Waals surface area (Å²) >= 11 is 0. The van der Waals surface area contributed by atoms with E-state index in [0.717, 1.165) is 5.92 Å². The largest absolute Gasteiger partial charge is 0.316 e. The van der Waals surface area contributed by atoms with Crippen LogP contribution < -0.4 is 5.32 Å². The normalized spacial score (nSPS) is 25.5. The monoisotopic (exact) mass is 165 g/mol. The van der Waals surface area contributed by atoms with Crippen LogP contribution in [-0.2, 0) is 0 Å². The summed E-state index contributed by atoms with van der Waals surface area (Å²) in [6.45, 7) is 6.61. The van der Waals surface area contributed by atoms with E-state index in [1.165, 1.54) is 31.5 Å². The van der Waals surface area contributed by atoms with Crippen molar-refractivity contribution in [1.29, 1.82) is 0 Å². The fourth-order valence-corrected chi connectivity index (χ4v) is 1.72. The Hall–Kier alpha value is -0.560. The molecule has 1 aliphatic heterocycles. The van der Waals surface area contributed by atoms with Gasteiger partial charge in [0.25, 0.3) is 0 Å². The smallest absolute Gasteiger partial charge is 0.00169 e. The van der Waals surface area contributed by atoms with Gasteiger partial charge in [-0.2, -0.15) is 0 Å². The molecule has 1 heteroatoms. The molecule has 68 valence electrons. The van der Waals surface area contributed by atoms with Crippen molar-refractivity contribution in [2.45, 2.75) is 26.7 Å². The highest BCUT2D eigenvalue weighted by molar-refractivity contribution is 5.18. The molecule has 1 nitrogen and oxygen atoms in total. The van der Waals surface area contributed by atoms with E-state index in [1.54, 1.807) is 0 Å². The predicted octanol–water partition coefficient (Wildman–Crippen LogP) is 2.51. The Labute approximate surface area is 75.6 Å². The molecule has 0 amide bonds. The van der Waals surface area contributed by atoms with E-state index in [1.807, 2.05) is 0 Å². The van der Waals surface area contributed by atoms with Gasteiger partial charge in [0.05, 0.1) is 0 Å². The highest BCUT2D eigenvalue weighted by Crippen LogP contribution is 2.18. The van der Waals surface area contributed by atoms with Crippen LogP contribution >= 0.6 is 0 Å². The van der Waals surface area contributed by atoms with E-state index in [0.29, 0.717) is 0 Å². The molecule has 1 heterocycles. The van der Waals surface area contributed by atoms with Crippen LogP contribution in [-0.4, -0.2) is 13.1 Å². The second-order valence-electron chi connectivity index (χ2n) is 3.43. The lowest BCUT2D eigenvalue weighted by Gasteiger charge is -2.07. The minimum Gasteiger partial charge on any atom is -0.316 e. The lowest BCUT2D eigenvalue weighted by molar-refractivity contribution is 0.582. The number of nitrogens with one attached hydrogen (secondary N) is 1. The Morgan fingerprint density at radius 3 is 2.83 bits per heavy atom. The standard InChI is InChI=1S/C11H19N/c1-3-5-10(4-2)8-11-6-7-12-9-11/h3-5,11-12H,6-9H2,1-2H3/b5-3-,10-4+. The molecule has 1 rings (SSSR count). The third-order valence-corrected chi connectivity index (χ3v) is 2.44. The lowest BCUT2D eigenvalue weighted by atomic mass is 9.98. The Kier molecular flexibility index (Phi) is 4.09. The van der Waals surface area contributed by atoms with E-state index >= 15 is 0 Å². The topological polar surface area (TPSA) is 12.0 Å². The Morgan fingerprint density at radius 1 is 1.50 bits per heavy atom. The van der Waals surface area contributed by atoms with Crippen LogP contribution in [0.3, 0.4) is 0 Å². The molecule has 1 fully saturated rings. The highest BCUT2D eigenvalue weighted by Gasteiger charge is 2.14. The van der Waals surface area contributed by atoms with Gasteiger partial charge in [-0.3, -0.25) is 0 Å². The SMILES string of the molecule is C/C=C\C(=C/C)CC1CCNC1. The van der Waals surface area contributed by atoms with Gasteiger partial charge in [0.15, 0.2) is 0 Å². The van der Waals surface area contributed by atoms with Gasteiger partial charge in [0, 0.05) is 0 Å². The van der Waals surface area contributed by atoms with Crippen molar-refractivity contribution in [2.75, 3.05) is 13.1 Å². The molecular weight excluding hydrogens is 146 g/mol. The van der Waals surface area contributed by atoms with E-state index in [-0.39, 0.29) is 0 Å². The van der Waals surface area contributed by atoms with Gasteiger partial charge < -0.3 is 5.32 Å². The van der Waals surface area contributed by atoms with Crippen molar-refractivity contribution in [3.8, 4) is 0 Å². The van der Waals surface area contributed by atoms with Crippen molar-refractivity contribution in [2.24, 2.45) is 5.92 Å². The summed E-state index contributed by atoms with van der Waals surface area (Å²) in [7, 11) is 0. The van der Waals surface area contributed by atoms with Gasteiger partial charge in [-0.15, -0.1) is 0 Å². The number of rotatable bonds is 3. The van der Waals surface area contributed by atoms with Gasteiger partial charge in [0.1, 0.15) is 0 Å². The van der Waals surface area contributed by atoms with E-state index < -0.39 is 0 Å². The molecule has 0 aromatic heterocycles. The van der Waals surface area contributed by atoms with Crippen molar-refractivity contribution in [1.82, 2.24) is 5.32 Å². The zero-order valence-corrected chi connectivity index (χ0v) is 8.14. The van der Waals surface area contributed by atoms with E-state index in [4.69, 9.17) is 0 Å². The molecule has 1 unspecified atom stereocenters. The van der Waals surface area contributed by atoms with Crippen LogP contribution in [0, 0.1) is 5.92 Å². The first kappa shape index (κ1) is 9.53. The van der Waals surface area contributed by atoms with Crippen LogP contribution in [0.4, 0.5) is 0 Å². The molecule has 0 saturated carbocycles. The van der Waals surface area contributed by atoms with Crippen molar-refractivity contribution in [3.63, 3.8) is 0 Å². The summed E-state index contributed by atoms with van der Waals surface area (Å²) in [6, 6.07) is 0. The predicted molar refractivity (Wildman–Crippen MR) is 54.2 cm³/mol. The van der Waals surface area contributed by atoms with Crippen molar-refractivity contribution < 1.29 is 0 Å². The zero-order valence-electron chi connectivity index (χ0n) is 8.14. The van der Waals surface area contributed by atoms with Crippen LogP contribution in [0.5, 0.6) is 0 Å². The van der Waals surface area contributed by atoms with Crippen molar-refractivity contribution in [3.05, 3.63) is 23.8 Å². The van der Waals surface area contributed by atoms with Crippen LogP contribution in [0.2, 0.25) is 0 Å². The maximum Gasteiger partial charge on any atom is -0.00169 e. The molecule has 0 bridgehead atoms. The third-order valence-electron chi connectivity index (χ3n) is 2.44. The first-order valence-corrected chi connectivity index (χ1v) is 4.85. The molecule has 12 heavy (non-hydrogen) atoms. The summed E-state index contributed by atoms with van der Waals surface area (Å²) in [6.07, 6.45) is 9.15. The number of hydrogen-bond acceptors (Lipinski definition) is 1. The number of allylic oxidation sites excluding steroid dienone is 4. The summed E-state index contributed by atoms with van der Waals surface area (Å²) in [5.74, 6) is 0.868. The van der Waals surface area contributed by atoms with E-state index in [2.05, 4.69) is 37.4 Å². The minimum absolute atomic E-state index is 0.868. The van der Waals surface area contributed by atoms with Crippen molar-refractivity contribution >= 4 is 0 Å². The summed E-state index contributed by atoms with van der Waals surface area (Å²) in [5.41, 5.74) is 1.48. The number of hydrogen-bond donors (Lipinski definition) is 1. The quantitative estimate of drug-likeness (QED) is 0.634.